The quantitative estimate of drug-likeness (QED) is 0.825. The van der Waals surface area contributed by atoms with Gasteiger partial charge in [-0.25, -0.2) is 18.4 Å². The van der Waals surface area contributed by atoms with Gasteiger partial charge in [0, 0.05) is 6.61 Å². The molecule has 0 atom stereocenters. The van der Waals surface area contributed by atoms with Crippen LogP contribution in [0.5, 0.6) is 0 Å². The molecule has 0 aliphatic rings. The summed E-state index contributed by atoms with van der Waals surface area (Å²) in [6, 6.07) is 7.08. The molecular formula is C12H14ClN3O3S. The lowest BCUT2D eigenvalue weighted by molar-refractivity contribution is 0.163. The summed E-state index contributed by atoms with van der Waals surface area (Å²) in [6.45, 7) is 2.38. The fourth-order valence-corrected chi connectivity index (χ4v) is 2.67. The molecule has 0 unspecified atom stereocenters. The number of ether oxygens (including phenoxy) is 1. The molecule has 0 aliphatic heterocycles. The van der Waals surface area contributed by atoms with Crippen LogP contribution >= 0.6 is 11.6 Å². The van der Waals surface area contributed by atoms with E-state index >= 15 is 0 Å². The first-order chi connectivity index (χ1) is 9.52. The molecule has 8 heteroatoms. The lowest BCUT2D eigenvalue weighted by atomic mass is 10.3. The second-order valence-corrected chi connectivity index (χ2v) is 6.17. The molecule has 1 heterocycles. The molecule has 0 aliphatic carbocycles. The molecule has 2 rings (SSSR count). The van der Waals surface area contributed by atoms with Gasteiger partial charge >= 0.3 is 0 Å². The van der Waals surface area contributed by atoms with E-state index in [0.717, 1.165) is 0 Å². The Morgan fingerprint density at radius 2 is 1.90 bits per heavy atom. The van der Waals surface area contributed by atoms with E-state index < -0.39 is 10.0 Å². The molecule has 0 radical (unpaired) electrons. The first kappa shape index (κ1) is 15.0. The SMILES string of the molecule is CCOCCS(=O)(=O)Nc1nc2ccccc2nc1Cl. The summed E-state index contributed by atoms with van der Waals surface area (Å²) in [7, 11) is -3.56. The first-order valence-electron chi connectivity index (χ1n) is 6.02. The Bertz CT molecular complexity index is 706. The topological polar surface area (TPSA) is 81.2 Å². The maximum absolute atomic E-state index is 11.8. The number of rotatable bonds is 6. The summed E-state index contributed by atoms with van der Waals surface area (Å²) in [4.78, 5) is 8.26. The summed E-state index contributed by atoms with van der Waals surface area (Å²) < 4.78 is 31.0. The van der Waals surface area contributed by atoms with Crippen LogP contribution in [-0.2, 0) is 14.8 Å². The third-order valence-electron chi connectivity index (χ3n) is 2.48. The zero-order chi connectivity index (χ0) is 14.6. The van der Waals surface area contributed by atoms with Crippen LogP contribution in [0.25, 0.3) is 11.0 Å². The van der Waals surface area contributed by atoms with Crippen LogP contribution < -0.4 is 4.72 Å². The largest absolute Gasteiger partial charge is 0.381 e. The van der Waals surface area contributed by atoms with Gasteiger partial charge in [-0.1, -0.05) is 23.7 Å². The maximum atomic E-state index is 11.8. The van der Waals surface area contributed by atoms with E-state index in [0.29, 0.717) is 17.6 Å². The number of sulfonamides is 1. The summed E-state index contributed by atoms with van der Waals surface area (Å²) in [5.74, 6) is -0.132. The minimum Gasteiger partial charge on any atom is -0.381 e. The minimum absolute atomic E-state index is 0.0173. The van der Waals surface area contributed by atoms with Gasteiger partial charge in [0.1, 0.15) is 0 Å². The Hall–Kier alpha value is -1.44. The van der Waals surface area contributed by atoms with Gasteiger partial charge in [0.25, 0.3) is 0 Å². The van der Waals surface area contributed by atoms with Crippen molar-refractivity contribution in [2.45, 2.75) is 6.92 Å². The van der Waals surface area contributed by atoms with Crippen molar-refractivity contribution in [1.29, 1.82) is 0 Å². The Labute approximate surface area is 122 Å². The summed E-state index contributed by atoms with van der Waals surface area (Å²) in [6.07, 6.45) is 0. The highest BCUT2D eigenvalue weighted by molar-refractivity contribution is 7.92. The number of hydrogen-bond donors (Lipinski definition) is 1. The summed E-state index contributed by atoms with van der Waals surface area (Å²) in [5.41, 5.74) is 1.18. The van der Waals surface area contributed by atoms with Gasteiger partial charge in [-0.05, 0) is 19.1 Å². The Kier molecular flexibility index (Phi) is 4.74. The summed E-state index contributed by atoms with van der Waals surface area (Å²) in [5, 5.41) is 0.0173. The van der Waals surface area contributed by atoms with Gasteiger partial charge in [-0.15, -0.1) is 0 Å². The number of benzene rings is 1. The van der Waals surface area contributed by atoms with Crippen LogP contribution in [0, 0.1) is 0 Å². The molecule has 0 saturated carbocycles. The van der Waals surface area contributed by atoms with E-state index in [-0.39, 0.29) is 23.3 Å². The lowest BCUT2D eigenvalue weighted by Gasteiger charge is -2.09. The number of halogens is 1. The molecule has 0 spiro atoms. The minimum atomic E-state index is -3.56. The predicted octanol–water partition coefficient (Wildman–Crippen LogP) is 2.06. The van der Waals surface area contributed by atoms with Crippen molar-refractivity contribution < 1.29 is 13.2 Å². The highest BCUT2D eigenvalue weighted by Crippen LogP contribution is 2.21. The molecule has 0 saturated heterocycles. The van der Waals surface area contributed by atoms with Crippen LogP contribution in [0.1, 0.15) is 6.92 Å². The predicted molar refractivity (Wildman–Crippen MR) is 78.5 cm³/mol. The van der Waals surface area contributed by atoms with Crippen molar-refractivity contribution in [2.24, 2.45) is 0 Å². The molecule has 1 N–H and O–H groups in total. The smallest absolute Gasteiger partial charge is 0.236 e. The maximum Gasteiger partial charge on any atom is 0.236 e. The van der Waals surface area contributed by atoms with Gasteiger partial charge in [0.15, 0.2) is 11.0 Å². The average molecular weight is 316 g/mol. The number of hydrogen-bond acceptors (Lipinski definition) is 5. The standard InChI is InChI=1S/C12H14ClN3O3S/c1-2-19-7-8-20(17,18)16-12-11(13)14-9-5-3-4-6-10(9)15-12/h3-6H,2,7-8H2,1H3,(H,15,16). The van der Waals surface area contributed by atoms with Crippen molar-refractivity contribution in [1.82, 2.24) is 9.97 Å². The number of fused-ring (bicyclic) bond motifs is 1. The number of anilines is 1. The van der Waals surface area contributed by atoms with Gasteiger partial charge in [0.2, 0.25) is 10.0 Å². The van der Waals surface area contributed by atoms with Crippen LogP contribution in [0.2, 0.25) is 5.15 Å². The Morgan fingerprint density at radius 3 is 2.55 bits per heavy atom. The van der Waals surface area contributed by atoms with Gasteiger partial charge in [-0.3, -0.25) is 4.72 Å². The van der Waals surface area contributed by atoms with E-state index in [9.17, 15) is 8.42 Å². The van der Waals surface area contributed by atoms with E-state index in [2.05, 4.69) is 14.7 Å². The molecule has 0 amide bonds. The fourth-order valence-electron chi connectivity index (χ4n) is 1.55. The number of aromatic nitrogens is 2. The van der Waals surface area contributed by atoms with Crippen LogP contribution in [0.15, 0.2) is 24.3 Å². The monoisotopic (exact) mass is 315 g/mol. The van der Waals surface area contributed by atoms with Crippen LogP contribution in [0.4, 0.5) is 5.82 Å². The molecule has 20 heavy (non-hydrogen) atoms. The summed E-state index contributed by atoms with van der Waals surface area (Å²) >= 11 is 5.94. The first-order valence-corrected chi connectivity index (χ1v) is 8.05. The molecule has 1 aromatic heterocycles. The molecule has 0 bridgehead atoms. The molecule has 0 fully saturated rings. The highest BCUT2D eigenvalue weighted by Gasteiger charge is 2.15. The van der Waals surface area contributed by atoms with Gasteiger partial charge < -0.3 is 4.74 Å². The molecule has 108 valence electrons. The van der Waals surface area contributed by atoms with Gasteiger partial charge in [0.05, 0.1) is 23.4 Å². The van der Waals surface area contributed by atoms with E-state index in [1.54, 1.807) is 31.2 Å². The second kappa shape index (κ2) is 6.34. The Morgan fingerprint density at radius 1 is 1.25 bits per heavy atom. The van der Waals surface area contributed by atoms with E-state index in [1.807, 2.05) is 0 Å². The number of para-hydroxylation sites is 2. The van der Waals surface area contributed by atoms with Crippen LogP contribution in [-0.4, -0.2) is 37.4 Å². The van der Waals surface area contributed by atoms with Crippen molar-refractivity contribution in [3.05, 3.63) is 29.4 Å². The molecule has 1 aromatic carbocycles. The third kappa shape index (κ3) is 3.78. The third-order valence-corrected chi connectivity index (χ3v) is 3.95. The van der Waals surface area contributed by atoms with Crippen molar-refractivity contribution >= 4 is 38.5 Å². The molecule has 2 aromatic rings. The van der Waals surface area contributed by atoms with Crippen LogP contribution in [0.3, 0.4) is 0 Å². The highest BCUT2D eigenvalue weighted by atomic mass is 35.5. The zero-order valence-electron chi connectivity index (χ0n) is 10.8. The number of nitrogens with one attached hydrogen (secondary N) is 1. The molecule has 6 nitrogen and oxygen atoms in total. The van der Waals surface area contributed by atoms with Crippen molar-refractivity contribution in [2.75, 3.05) is 23.7 Å². The lowest BCUT2D eigenvalue weighted by Crippen LogP contribution is -2.21. The van der Waals surface area contributed by atoms with Gasteiger partial charge in [-0.2, -0.15) is 0 Å². The average Bonchev–Trinajstić information content (AvgIpc) is 2.39. The van der Waals surface area contributed by atoms with Crippen molar-refractivity contribution in [3.63, 3.8) is 0 Å². The normalized spacial score (nSPS) is 11.7. The second-order valence-electron chi connectivity index (χ2n) is 3.97. The molecular weight excluding hydrogens is 302 g/mol. The van der Waals surface area contributed by atoms with E-state index in [4.69, 9.17) is 16.3 Å². The zero-order valence-corrected chi connectivity index (χ0v) is 12.4. The fraction of sp³-hybridized carbons (Fsp3) is 0.333. The van der Waals surface area contributed by atoms with E-state index in [1.165, 1.54) is 0 Å². The van der Waals surface area contributed by atoms with Crippen molar-refractivity contribution in [3.8, 4) is 0 Å². The Balaban J connectivity index is 2.22. The number of nitrogens with zero attached hydrogens (tertiary/aromatic N) is 2.